The predicted molar refractivity (Wildman–Crippen MR) is 48.5 cm³/mol. The van der Waals surface area contributed by atoms with Crippen molar-refractivity contribution in [3.8, 4) is 0 Å². The molecule has 1 amide bonds. The first-order valence-electron chi connectivity index (χ1n) is 4.36. The second-order valence-electron chi connectivity index (χ2n) is 4.02. The summed E-state index contributed by atoms with van der Waals surface area (Å²) in [7, 11) is 1.48. The van der Waals surface area contributed by atoms with Gasteiger partial charge in [0, 0.05) is 26.0 Å². The van der Waals surface area contributed by atoms with Gasteiger partial charge in [0.15, 0.2) is 0 Å². The molecular formula is C9H16NO4-. The van der Waals surface area contributed by atoms with Gasteiger partial charge in [-0.25, -0.2) is 4.79 Å². The Bertz CT molecular complexity index is 219. The molecule has 0 fully saturated rings. The minimum Gasteiger partial charge on any atom is -0.550 e. The van der Waals surface area contributed by atoms with E-state index in [1.807, 2.05) is 0 Å². The molecule has 5 heteroatoms. The second kappa shape index (κ2) is 4.83. The normalized spacial score (nSPS) is 10.9. The summed E-state index contributed by atoms with van der Waals surface area (Å²) in [6, 6.07) is 0. The van der Waals surface area contributed by atoms with E-state index in [0.717, 1.165) is 0 Å². The van der Waals surface area contributed by atoms with E-state index >= 15 is 0 Å². The first kappa shape index (κ1) is 12.7. The number of carboxylic acid groups (broad SMARTS) is 1. The number of hydrogen-bond donors (Lipinski definition) is 0. The third kappa shape index (κ3) is 6.28. The number of carbonyl (C=O) groups is 2. The summed E-state index contributed by atoms with van der Waals surface area (Å²) in [6.07, 6.45) is -0.714. The Morgan fingerprint density at radius 3 is 2.21 bits per heavy atom. The van der Waals surface area contributed by atoms with Crippen molar-refractivity contribution in [2.75, 3.05) is 13.6 Å². The minimum absolute atomic E-state index is 0.0945. The number of hydrogen-bond acceptors (Lipinski definition) is 4. The number of amides is 1. The Kier molecular flexibility index (Phi) is 4.40. The lowest BCUT2D eigenvalue weighted by atomic mass is 10.2. The van der Waals surface area contributed by atoms with Gasteiger partial charge < -0.3 is 19.5 Å². The van der Waals surface area contributed by atoms with Gasteiger partial charge in [-0.1, -0.05) is 0 Å². The Morgan fingerprint density at radius 2 is 1.86 bits per heavy atom. The van der Waals surface area contributed by atoms with Gasteiger partial charge in [0.2, 0.25) is 0 Å². The summed E-state index contributed by atoms with van der Waals surface area (Å²) in [4.78, 5) is 22.6. The molecule has 0 atom stereocenters. The Hall–Kier alpha value is -1.26. The largest absolute Gasteiger partial charge is 0.550 e. The molecule has 0 aromatic rings. The maximum atomic E-state index is 11.3. The molecule has 0 N–H and O–H groups in total. The summed E-state index contributed by atoms with van der Waals surface area (Å²) in [5, 5.41) is 10.1. The first-order chi connectivity index (χ1) is 6.22. The van der Waals surface area contributed by atoms with Gasteiger partial charge in [0.25, 0.3) is 0 Å². The smallest absolute Gasteiger partial charge is 0.410 e. The topological polar surface area (TPSA) is 69.7 Å². The van der Waals surface area contributed by atoms with Gasteiger partial charge in [-0.15, -0.1) is 0 Å². The number of carbonyl (C=O) groups excluding carboxylic acids is 2. The maximum absolute atomic E-state index is 11.3. The van der Waals surface area contributed by atoms with E-state index in [2.05, 4.69) is 0 Å². The molecule has 0 aromatic carbocycles. The number of aliphatic carboxylic acids is 1. The summed E-state index contributed by atoms with van der Waals surface area (Å²) in [5.41, 5.74) is -0.563. The van der Waals surface area contributed by atoms with Crippen molar-refractivity contribution in [1.82, 2.24) is 4.90 Å². The molecule has 0 bridgehead atoms. The summed E-state index contributed by atoms with van der Waals surface area (Å²) >= 11 is 0. The second-order valence-corrected chi connectivity index (χ2v) is 4.02. The van der Waals surface area contributed by atoms with Crippen LogP contribution in [0.3, 0.4) is 0 Å². The molecule has 0 aromatic heterocycles. The molecule has 0 unspecified atom stereocenters. The molecule has 0 aliphatic rings. The minimum atomic E-state index is -1.18. The highest BCUT2D eigenvalue weighted by atomic mass is 16.6. The standard InChI is InChI=1S/C9H17NO4/c1-9(2,3)14-8(13)10(4)6-5-7(11)12/h5-6H2,1-4H3,(H,11,12)/p-1. The Morgan fingerprint density at radius 1 is 1.36 bits per heavy atom. The molecule has 0 aliphatic carbocycles. The van der Waals surface area contributed by atoms with E-state index in [1.54, 1.807) is 20.8 Å². The highest BCUT2D eigenvalue weighted by Crippen LogP contribution is 2.08. The number of ether oxygens (including phenoxy) is 1. The maximum Gasteiger partial charge on any atom is 0.410 e. The van der Waals surface area contributed by atoms with E-state index in [9.17, 15) is 14.7 Å². The van der Waals surface area contributed by atoms with E-state index in [0.29, 0.717) is 0 Å². The van der Waals surface area contributed by atoms with Gasteiger partial charge in [-0.05, 0) is 20.8 Å². The SMILES string of the molecule is CN(CCC(=O)[O-])C(=O)OC(C)(C)C. The number of nitrogens with zero attached hydrogens (tertiary/aromatic N) is 1. The zero-order valence-corrected chi connectivity index (χ0v) is 8.99. The zero-order valence-electron chi connectivity index (χ0n) is 8.99. The summed E-state index contributed by atoms with van der Waals surface area (Å²) in [5.74, 6) is -1.18. The van der Waals surface area contributed by atoms with Gasteiger partial charge in [-0.3, -0.25) is 0 Å². The molecule has 0 saturated carbocycles. The Labute approximate surface area is 83.6 Å². The lowest BCUT2D eigenvalue weighted by molar-refractivity contribution is -0.305. The lowest BCUT2D eigenvalue weighted by Crippen LogP contribution is -2.36. The van der Waals surface area contributed by atoms with Crippen molar-refractivity contribution in [2.24, 2.45) is 0 Å². The predicted octanol–water partition coefficient (Wildman–Crippen LogP) is -0.00670. The van der Waals surface area contributed by atoms with Crippen molar-refractivity contribution >= 4 is 12.1 Å². The molecule has 0 heterocycles. The molecule has 14 heavy (non-hydrogen) atoms. The molecule has 0 saturated heterocycles. The molecule has 5 nitrogen and oxygen atoms in total. The molecule has 82 valence electrons. The van der Waals surface area contributed by atoms with Crippen LogP contribution in [0.25, 0.3) is 0 Å². The van der Waals surface area contributed by atoms with E-state index < -0.39 is 17.7 Å². The molecule has 0 spiro atoms. The van der Waals surface area contributed by atoms with Crippen LogP contribution in [-0.4, -0.2) is 36.2 Å². The fourth-order valence-electron chi connectivity index (χ4n) is 0.690. The van der Waals surface area contributed by atoms with Crippen LogP contribution in [0, 0.1) is 0 Å². The van der Waals surface area contributed by atoms with Crippen molar-refractivity contribution < 1.29 is 19.4 Å². The number of carboxylic acids is 1. The highest BCUT2D eigenvalue weighted by molar-refractivity contribution is 5.69. The van der Waals surface area contributed by atoms with Crippen LogP contribution in [0.5, 0.6) is 0 Å². The van der Waals surface area contributed by atoms with Crippen LogP contribution in [-0.2, 0) is 9.53 Å². The molecule has 0 rings (SSSR count). The third-order valence-electron chi connectivity index (χ3n) is 1.36. The van der Waals surface area contributed by atoms with Crippen molar-refractivity contribution in [3.63, 3.8) is 0 Å². The molecular weight excluding hydrogens is 186 g/mol. The summed E-state index contributed by atoms with van der Waals surface area (Å²) < 4.78 is 5.01. The quantitative estimate of drug-likeness (QED) is 0.645. The zero-order chi connectivity index (χ0) is 11.4. The van der Waals surface area contributed by atoms with Crippen molar-refractivity contribution in [1.29, 1.82) is 0 Å². The van der Waals surface area contributed by atoms with Crippen LogP contribution in [0.15, 0.2) is 0 Å². The Balaban J connectivity index is 3.94. The number of rotatable bonds is 3. The van der Waals surface area contributed by atoms with Crippen molar-refractivity contribution in [3.05, 3.63) is 0 Å². The average Bonchev–Trinajstić information content (AvgIpc) is 1.96. The monoisotopic (exact) mass is 202 g/mol. The van der Waals surface area contributed by atoms with E-state index in [1.165, 1.54) is 11.9 Å². The fraction of sp³-hybridized carbons (Fsp3) is 0.778. The van der Waals surface area contributed by atoms with Gasteiger partial charge in [0.1, 0.15) is 5.60 Å². The molecule has 0 radical (unpaired) electrons. The van der Waals surface area contributed by atoms with Crippen LogP contribution >= 0.6 is 0 Å². The highest BCUT2D eigenvalue weighted by Gasteiger charge is 2.18. The van der Waals surface area contributed by atoms with Crippen LogP contribution < -0.4 is 5.11 Å². The molecule has 0 aliphatic heterocycles. The van der Waals surface area contributed by atoms with Crippen molar-refractivity contribution in [2.45, 2.75) is 32.8 Å². The summed E-state index contributed by atoms with van der Waals surface area (Å²) in [6.45, 7) is 5.34. The van der Waals surface area contributed by atoms with Crippen LogP contribution in [0.4, 0.5) is 4.79 Å². The van der Waals surface area contributed by atoms with Gasteiger partial charge >= 0.3 is 6.09 Å². The van der Waals surface area contributed by atoms with Crippen LogP contribution in [0.2, 0.25) is 0 Å². The first-order valence-corrected chi connectivity index (χ1v) is 4.36. The van der Waals surface area contributed by atoms with E-state index in [-0.39, 0.29) is 13.0 Å². The van der Waals surface area contributed by atoms with Gasteiger partial charge in [0.05, 0.1) is 0 Å². The fourth-order valence-corrected chi connectivity index (χ4v) is 0.690. The third-order valence-corrected chi connectivity index (χ3v) is 1.36. The average molecular weight is 202 g/mol. The van der Waals surface area contributed by atoms with Crippen LogP contribution in [0.1, 0.15) is 27.2 Å². The lowest BCUT2D eigenvalue weighted by Gasteiger charge is -2.24. The van der Waals surface area contributed by atoms with E-state index in [4.69, 9.17) is 4.74 Å². The van der Waals surface area contributed by atoms with Gasteiger partial charge in [-0.2, -0.15) is 0 Å².